The van der Waals surface area contributed by atoms with Gasteiger partial charge in [0, 0.05) is 24.9 Å². The van der Waals surface area contributed by atoms with Gasteiger partial charge in [-0.15, -0.1) is 10.2 Å². The lowest BCUT2D eigenvalue weighted by molar-refractivity contribution is -0.384. The summed E-state index contributed by atoms with van der Waals surface area (Å²) in [5, 5.41) is 21.3. The molecule has 88 valence electrons. The fraction of sp³-hybridized carbons (Fsp3) is 0.200. The van der Waals surface area contributed by atoms with Gasteiger partial charge >= 0.3 is 0 Å². The number of nitro groups is 1. The molecule has 1 heterocycles. The molecule has 0 atom stereocenters. The molecule has 0 radical (unpaired) electrons. The molecule has 0 aliphatic carbocycles. The number of nitrogens with zero attached hydrogens (tertiary/aromatic N) is 4. The summed E-state index contributed by atoms with van der Waals surface area (Å²) in [7, 11) is 1.84. The number of non-ortho nitro benzene ring substituents is 1. The Balaban J connectivity index is 2.07. The predicted molar refractivity (Wildman–Crippen MR) is 61.4 cm³/mol. The fourth-order valence-corrected chi connectivity index (χ4v) is 1.38. The summed E-state index contributed by atoms with van der Waals surface area (Å²) in [4.78, 5) is 10.2. The van der Waals surface area contributed by atoms with Crippen LogP contribution in [0.15, 0.2) is 30.6 Å². The Hall–Kier alpha value is -2.44. The van der Waals surface area contributed by atoms with Crippen LogP contribution in [0.25, 0.3) is 0 Å². The number of hydrogen-bond donors (Lipinski definition) is 1. The molecule has 0 spiro atoms. The van der Waals surface area contributed by atoms with E-state index >= 15 is 0 Å². The van der Waals surface area contributed by atoms with Crippen LogP contribution in [0.5, 0.6) is 0 Å². The molecule has 17 heavy (non-hydrogen) atoms. The first-order chi connectivity index (χ1) is 8.16. The molecule has 1 aromatic heterocycles. The van der Waals surface area contributed by atoms with Crippen molar-refractivity contribution < 1.29 is 4.92 Å². The Bertz CT molecular complexity index is 537. The Morgan fingerprint density at radius 3 is 3.00 bits per heavy atom. The third kappa shape index (κ3) is 2.57. The van der Waals surface area contributed by atoms with Gasteiger partial charge in [0.05, 0.1) is 11.5 Å². The Kier molecular flexibility index (Phi) is 2.99. The average Bonchev–Trinajstić information content (AvgIpc) is 2.72. The molecule has 0 saturated heterocycles. The van der Waals surface area contributed by atoms with E-state index in [4.69, 9.17) is 0 Å². The fourth-order valence-electron chi connectivity index (χ4n) is 1.38. The molecular weight excluding hydrogens is 222 g/mol. The van der Waals surface area contributed by atoms with Crippen molar-refractivity contribution in [3.05, 3.63) is 46.5 Å². The smallest absolute Gasteiger partial charge is 0.271 e. The van der Waals surface area contributed by atoms with Crippen LogP contribution in [0.3, 0.4) is 0 Å². The zero-order chi connectivity index (χ0) is 12.3. The normalized spacial score (nSPS) is 10.2. The first-order valence-corrected chi connectivity index (χ1v) is 4.98. The van der Waals surface area contributed by atoms with Crippen molar-refractivity contribution >= 4 is 11.4 Å². The zero-order valence-corrected chi connectivity index (χ0v) is 9.20. The second-order valence-electron chi connectivity index (χ2n) is 3.52. The standard InChI is InChI=1S/C10H11N5O2/c1-14-7-12-13-10(14)6-11-8-3-2-4-9(5-8)15(16)17/h2-5,7,11H,6H2,1H3. The van der Waals surface area contributed by atoms with Crippen LogP contribution in [0.1, 0.15) is 5.82 Å². The molecule has 2 rings (SSSR count). The Morgan fingerprint density at radius 1 is 1.53 bits per heavy atom. The highest BCUT2D eigenvalue weighted by Gasteiger charge is 2.06. The highest BCUT2D eigenvalue weighted by molar-refractivity contribution is 5.50. The van der Waals surface area contributed by atoms with Crippen LogP contribution in [-0.2, 0) is 13.6 Å². The van der Waals surface area contributed by atoms with Crippen LogP contribution in [-0.4, -0.2) is 19.7 Å². The Labute approximate surface area is 97.2 Å². The van der Waals surface area contributed by atoms with Gasteiger partial charge < -0.3 is 9.88 Å². The number of aromatic nitrogens is 3. The lowest BCUT2D eigenvalue weighted by Crippen LogP contribution is -2.05. The number of aryl methyl sites for hydroxylation is 1. The highest BCUT2D eigenvalue weighted by atomic mass is 16.6. The van der Waals surface area contributed by atoms with E-state index in [1.165, 1.54) is 12.1 Å². The van der Waals surface area contributed by atoms with Crippen LogP contribution in [0.2, 0.25) is 0 Å². The summed E-state index contributed by atoms with van der Waals surface area (Å²) < 4.78 is 1.78. The maximum atomic E-state index is 10.6. The lowest BCUT2D eigenvalue weighted by Gasteiger charge is -2.05. The molecule has 2 aromatic rings. The number of nitrogens with one attached hydrogen (secondary N) is 1. The molecule has 0 amide bonds. The molecule has 7 heteroatoms. The molecule has 0 bridgehead atoms. The van der Waals surface area contributed by atoms with Gasteiger partial charge in [0.2, 0.25) is 0 Å². The van der Waals surface area contributed by atoms with E-state index in [1.807, 2.05) is 7.05 Å². The second kappa shape index (κ2) is 4.60. The SMILES string of the molecule is Cn1cnnc1CNc1cccc([N+](=O)[O-])c1. The van der Waals surface area contributed by atoms with E-state index in [1.54, 1.807) is 23.0 Å². The first-order valence-electron chi connectivity index (χ1n) is 4.98. The van der Waals surface area contributed by atoms with Gasteiger partial charge in [-0.25, -0.2) is 0 Å². The summed E-state index contributed by atoms with van der Waals surface area (Å²) in [6, 6.07) is 6.34. The van der Waals surface area contributed by atoms with Crippen LogP contribution in [0, 0.1) is 10.1 Å². The minimum Gasteiger partial charge on any atom is -0.378 e. The highest BCUT2D eigenvalue weighted by Crippen LogP contribution is 2.17. The Morgan fingerprint density at radius 2 is 2.35 bits per heavy atom. The van der Waals surface area contributed by atoms with Gasteiger partial charge in [0.15, 0.2) is 5.82 Å². The van der Waals surface area contributed by atoms with Gasteiger partial charge in [0.1, 0.15) is 6.33 Å². The zero-order valence-electron chi connectivity index (χ0n) is 9.20. The number of anilines is 1. The van der Waals surface area contributed by atoms with Gasteiger partial charge in [-0.2, -0.15) is 0 Å². The maximum absolute atomic E-state index is 10.6. The minimum absolute atomic E-state index is 0.0629. The summed E-state index contributed by atoms with van der Waals surface area (Å²) in [5.41, 5.74) is 0.746. The molecule has 0 saturated carbocycles. The first kappa shape index (κ1) is 11.1. The molecule has 0 fully saturated rings. The van der Waals surface area contributed by atoms with Crippen molar-refractivity contribution in [2.75, 3.05) is 5.32 Å². The summed E-state index contributed by atoms with van der Waals surface area (Å²) in [6.07, 6.45) is 1.60. The quantitative estimate of drug-likeness (QED) is 0.636. The monoisotopic (exact) mass is 233 g/mol. The molecule has 1 N–H and O–H groups in total. The molecule has 0 aliphatic heterocycles. The number of benzene rings is 1. The summed E-state index contributed by atoms with van der Waals surface area (Å²) >= 11 is 0. The number of hydrogen-bond acceptors (Lipinski definition) is 5. The molecule has 1 aromatic carbocycles. The molecular formula is C10H11N5O2. The van der Waals surface area contributed by atoms with Crippen molar-refractivity contribution in [1.29, 1.82) is 0 Å². The van der Waals surface area contributed by atoms with Crippen LogP contribution in [0.4, 0.5) is 11.4 Å². The second-order valence-corrected chi connectivity index (χ2v) is 3.52. The van der Waals surface area contributed by atoms with E-state index in [2.05, 4.69) is 15.5 Å². The van der Waals surface area contributed by atoms with E-state index in [0.717, 1.165) is 5.82 Å². The van der Waals surface area contributed by atoms with E-state index in [9.17, 15) is 10.1 Å². The summed E-state index contributed by atoms with van der Waals surface area (Å²) in [6.45, 7) is 0.470. The van der Waals surface area contributed by atoms with Gasteiger partial charge in [-0.3, -0.25) is 10.1 Å². The van der Waals surface area contributed by atoms with E-state index in [0.29, 0.717) is 12.2 Å². The van der Waals surface area contributed by atoms with Crippen molar-refractivity contribution in [2.24, 2.45) is 7.05 Å². The third-order valence-electron chi connectivity index (χ3n) is 2.31. The number of nitro benzene ring substituents is 1. The van der Waals surface area contributed by atoms with Crippen molar-refractivity contribution in [2.45, 2.75) is 6.54 Å². The van der Waals surface area contributed by atoms with Crippen molar-refractivity contribution in [3.63, 3.8) is 0 Å². The molecule has 0 aliphatic rings. The number of rotatable bonds is 4. The molecule has 7 nitrogen and oxygen atoms in total. The topological polar surface area (TPSA) is 85.9 Å². The van der Waals surface area contributed by atoms with Crippen molar-refractivity contribution in [1.82, 2.24) is 14.8 Å². The maximum Gasteiger partial charge on any atom is 0.271 e. The average molecular weight is 233 g/mol. The van der Waals surface area contributed by atoms with Gasteiger partial charge in [-0.1, -0.05) is 6.07 Å². The van der Waals surface area contributed by atoms with Gasteiger partial charge in [-0.05, 0) is 6.07 Å². The van der Waals surface area contributed by atoms with E-state index in [-0.39, 0.29) is 5.69 Å². The summed E-state index contributed by atoms with van der Waals surface area (Å²) in [5.74, 6) is 0.761. The van der Waals surface area contributed by atoms with Gasteiger partial charge in [0.25, 0.3) is 5.69 Å². The molecule has 0 unspecified atom stereocenters. The lowest BCUT2D eigenvalue weighted by atomic mass is 10.3. The third-order valence-corrected chi connectivity index (χ3v) is 2.31. The predicted octanol–water partition coefficient (Wildman–Crippen LogP) is 1.34. The van der Waals surface area contributed by atoms with E-state index < -0.39 is 4.92 Å². The largest absolute Gasteiger partial charge is 0.378 e. The van der Waals surface area contributed by atoms with Crippen LogP contribution >= 0.6 is 0 Å². The van der Waals surface area contributed by atoms with Crippen LogP contribution < -0.4 is 5.32 Å². The minimum atomic E-state index is -0.423. The van der Waals surface area contributed by atoms with Crippen molar-refractivity contribution in [3.8, 4) is 0 Å².